The molecule has 0 atom stereocenters. The smallest absolute Gasteiger partial charge is 0.248 e. The number of aryl methyl sites for hydroxylation is 1. The summed E-state index contributed by atoms with van der Waals surface area (Å²) in [6, 6.07) is 9.58. The van der Waals surface area contributed by atoms with E-state index in [1.165, 1.54) is 6.08 Å². The number of morpholine rings is 1. The standard InChI is InChI=1S/C18H19BrN2O3/c1-13-2-4-15(24-13)5-7-18(22)20-16-12-14(19)3-6-17(16)21-8-10-23-11-9-21/h2-7,12H,8-11H2,1H3,(H,20,22)/b7-5+. The number of amides is 1. The number of carbonyl (C=O) groups excluding carboxylic acids is 1. The first-order valence-corrected chi connectivity index (χ1v) is 8.59. The number of carbonyl (C=O) groups is 1. The number of nitrogens with one attached hydrogen (secondary N) is 1. The highest BCUT2D eigenvalue weighted by molar-refractivity contribution is 9.10. The van der Waals surface area contributed by atoms with E-state index in [9.17, 15) is 4.79 Å². The Morgan fingerprint density at radius 2 is 2.04 bits per heavy atom. The van der Waals surface area contributed by atoms with E-state index in [2.05, 4.69) is 26.1 Å². The van der Waals surface area contributed by atoms with Crippen LogP contribution in [0.5, 0.6) is 0 Å². The number of nitrogens with zero attached hydrogens (tertiary/aromatic N) is 1. The van der Waals surface area contributed by atoms with Gasteiger partial charge < -0.3 is 19.4 Å². The summed E-state index contributed by atoms with van der Waals surface area (Å²) < 4.78 is 11.7. The number of anilines is 2. The van der Waals surface area contributed by atoms with Gasteiger partial charge in [-0.15, -0.1) is 0 Å². The van der Waals surface area contributed by atoms with Gasteiger partial charge in [-0.3, -0.25) is 4.79 Å². The molecule has 1 fully saturated rings. The van der Waals surface area contributed by atoms with Crippen molar-refractivity contribution in [1.29, 1.82) is 0 Å². The number of ether oxygens (including phenoxy) is 1. The summed E-state index contributed by atoms with van der Waals surface area (Å²) in [5.41, 5.74) is 1.77. The quantitative estimate of drug-likeness (QED) is 0.805. The van der Waals surface area contributed by atoms with Crippen LogP contribution in [-0.2, 0) is 9.53 Å². The van der Waals surface area contributed by atoms with E-state index in [4.69, 9.17) is 9.15 Å². The van der Waals surface area contributed by atoms with Gasteiger partial charge in [-0.1, -0.05) is 15.9 Å². The van der Waals surface area contributed by atoms with Gasteiger partial charge in [0.05, 0.1) is 24.6 Å². The van der Waals surface area contributed by atoms with E-state index in [1.807, 2.05) is 37.3 Å². The molecule has 1 amide bonds. The average molecular weight is 391 g/mol. The van der Waals surface area contributed by atoms with E-state index in [0.29, 0.717) is 19.0 Å². The van der Waals surface area contributed by atoms with Crippen molar-refractivity contribution >= 4 is 39.3 Å². The van der Waals surface area contributed by atoms with Crippen molar-refractivity contribution in [1.82, 2.24) is 0 Å². The van der Waals surface area contributed by atoms with Crippen LogP contribution >= 0.6 is 15.9 Å². The molecule has 1 aromatic heterocycles. The van der Waals surface area contributed by atoms with Gasteiger partial charge in [0, 0.05) is 23.6 Å². The van der Waals surface area contributed by atoms with E-state index < -0.39 is 0 Å². The largest absolute Gasteiger partial charge is 0.462 e. The first-order chi connectivity index (χ1) is 11.6. The molecule has 1 aliphatic heterocycles. The SMILES string of the molecule is Cc1ccc(/C=C/C(=O)Nc2cc(Br)ccc2N2CCOCC2)o1. The number of furan rings is 1. The second-order valence-electron chi connectivity index (χ2n) is 5.53. The molecule has 1 N–H and O–H groups in total. The molecular formula is C18H19BrN2O3. The van der Waals surface area contributed by atoms with E-state index in [-0.39, 0.29) is 5.91 Å². The van der Waals surface area contributed by atoms with Gasteiger partial charge in [0.15, 0.2) is 0 Å². The van der Waals surface area contributed by atoms with E-state index in [1.54, 1.807) is 6.08 Å². The molecule has 1 aromatic carbocycles. The van der Waals surface area contributed by atoms with Crippen molar-refractivity contribution < 1.29 is 13.9 Å². The highest BCUT2D eigenvalue weighted by Gasteiger charge is 2.16. The van der Waals surface area contributed by atoms with Crippen LogP contribution in [-0.4, -0.2) is 32.2 Å². The summed E-state index contributed by atoms with van der Waals surface area (Å²) >= 11 is 3.46. The molecule has 0 unspecified atom stereocenters. The summed E-state index contributed by atoms with van der Waals surface area (Å²) in [5, 5.41) is 2.95. The first-order valence-electron chi connectivity index (χ1n) is 7.79. The van der Waals surface area contributed by atoms with Gasteiger partial charge in [-0.05, 0) is 43.3 Å². The Morgan fingerprint density at radius 1 is 1.25 bits per heavy atom. The maximum Gasteiger partial charge on any atom is 0.248 e. The van der Waals surface area contributed by atoms with Crippen LogP contribution in [0, 0.1) is 6.92 Å². The van der Waals surface area contributed by atoms with Crippen molar-refractivity contribution in [3.63, 3.8) is 0 Å². The Bertz CT molecular complexity index is 748. The highest BCUT2D eigenvalue weighted by atomic mass is 79.9. The Labute approximate surface area is 149 Å². The molecule has 2 aromatic rings. The normalized spacial score (nSPS) is 15.0. The van der Waals surface area contributed by atoms with Crippen molar-refractivity contribution in [3.05, 3.63) is 52.4 Å². The Morgan fingerprint density at radius 3 is 2.75 bits per heavy atom. The molecule has 5 nitrogen and oxygen atoms in total. The Balaban J connectivity index is 1.74. The predicted molar refractivity (Wildman–Crippen MR) is 98.3 cm³/mol. The van der Waals surface area contributed by atoms with Gasteiger partial charge in [0.1, 0.15) is 11.5 Å². The molecule has 0 aliphatic carbocycles. The van der Waals surface area contributed by atoms with E-state index in [0.717, 1.165) is 34.7 Å². The van der Waals surface area contributed by atoms with Crippen LogP contribution in [0.2, 0.25) is 0 Å². The lowest BCUT2D eigenvalue weighted by molar-refractivity contribution is -0.111. The number of rotatable bonds is 4. The van der Waals surface area contributed by atoms with E-state index >= 15 is 0 Å². The predicted octanol–water partition coefficient (Wildman–Crippen LogP) is 3.84. The number of hydrogen-bond acceptors (Lipinski definition) is 4. The lowest BCUT2D eigenvalue weighted by atomic mass is 10.2. The molecule has 0 bridgehead atoms. The molecule has 2 heterocycles. The Kier molecular flexibility index (Phi) is 5.37. The summed E-state index contributed by atoms with van der Waals surface area (Å²) in [4.78, 5) is 14.5. The minimum atomic E-state index is -0.198. The van der Waals surface area contributed by atoms with Crippen LogP contribution in [0.25, 0.3) is 6.08 Å². The van der Waals surface area contributed by atoms with Crippen molar-refractivity contribution in [2.75, 3.05) is 36.5 Å². The zero-order valence-corrected chi connectivity index (χ0v) is 15.0. The van der Waals surface area contributed by atoms with Gasteiger partial charge >= 0.3 is 0 Å². The fraction of sp³-hybridized carbons (Fsp3) is 0.278. The van der Waals surface area contributed by atoms with Crippen LogP contribution in [0.1, 0.15) is 11.5 Å². The molecule has 0 saturated carbocycles. The molecule has 3 rings (SSSR count). The average Bonchev–Trinajstić information content (AvgIpc) is 2.99. The minimum absolute atomic E-state index is 0.198. The molecule has 6 heteroatoms. The van der Waals surface area contributed by atoms with Crippen LogP contribution < -0.4 is 10.2 Å². The third-order valence-corrected chi connectivity index (χ3v) is 4.22. The molecule has 24 heavy (non-hydrogen) atoms. The molecular weight excluding hydrogens is 372 g/mol. The van der Waals surface area contributed by atoms with Gasteiger partial charge in [-0.2, -0.15) is 0 Å². The van der Waals surface area contributed by atoms with Crippen molar-refractivity contribution in [2.45, 2.75) is 6.92 Å². The summed E-state index contributed by atoms with van der Waals surface area (Å²) in [6.07, 6.45) is 3.14. The lowest BCUT2D eigenvalue weighted by Crippen LogP contribution is -2.36. The minimum Gasteiger partial charge on any atom is -0.462 e. The molecule has 126 valence electrons. The van der Waals surface area contributed by atoms with Gasteiger partial charge in [-0.25, -0.2) is 0 Å². The number of halogens is 1. The second kappa shape index (κ2) is 7.68. The molecule has 0 spiro atoms. The third kappa shape index (κ3) is 4.27. The van der Waals surface area contributed by atoms with Crippen LogP contribution in [0.3, 0.4) is 0 Å². The van der Waals surface area contributed by atoms with Crippen molar-refractivity contribution in [3.8, 4) is 0 Å². The number of hydrogen-bond donors (Lipinski definition) is 1. The summed E-state index contributed by atoms with van der Waals surface area (Å²) in [6.45, 7) is 4.88. The third-order valence-electron chi connectivity index (χ3n) is 3.73. The Hall–Kier alpha value is -2.05. The molecule has 1 saturated heterocycles. The maximum absolute atomic E-state index is 12.2. The van der Waals surface area contributed by atoms with Crippen molar-refractivity contribution in [2.24, 2.45) is 0 Å². The molecule has 0 radical (unpaired) electrons. The topological polar surface area (TPSA) is 54.7 Å². The molecule has 1 aliphatic rings. The van der Waals surface area contributed by atoms with Crippen LogP contribution in [0.4, 0.5) is 11.4 Å². The fourth-order valence-corrected chi connectivity index (χ4v) is 2.92. The first kappa shape index (κ1) is 16.8. The van der Waals surface area contributed by atoms with Gasteiger partial charge in [0.25, 0.3) is 0 Å². The fourth-order valence-electron chi connectivity index (χ4n) is 2.56. The van der Waals surface area contributed by atoms with Crippen LogP contribution in [0.15, 0.2) is 45.3 Å². The summed E-state index contributed by atoms with van der Waals surface area (Å²) in [7, 11) is 0. The van der Waals surface area contributed by atoms with Gasteiger partial charge in [0.2, 0.25) is 5.91 Å². The highest BCUT2D eigenvalue weighted by Crippen LogP contribution is 2.30. The monoisotopic (exact) mass is 390 g/mol. The second-order valence-corrected chi connectivity index (χ2v) is 6.45. The maximum atomic E-state index is 12.2. The summed E-state index contributed by atoms with van der Waals surface area (Å²) in [5.74, 6) is 1.28. The lowest BCUT2D eigenvalue weighted by Gasteiger charge is -2.30. The zero-order chi connectivity index (χ0) is 16.9. The zero-order valence-electron chi connectivity index (χ0n) is 13.4. The number of benzene rings is 1.